The van der Waals surface area contributed by atoms with E-state index < -0.39 is 0 Å². The molecule has 0 saturated carbocycles. The van der Waals surface area contributed by atoms with E-state index in [0.29, 0.717) is 0 Å². The molecule has 0 aliphatic carbocycles. The van der Waals surface area contributed by atoms with Crippen LogP contribution in [0.5, 0.6) is 0 Å². The van der Waals surface area contributed by atoms with Gasteiger partial charge in [0.25, 0.3) is 0 Å². The Bertz CT molecular complexity index is 1030. The first-order chi connectivity index (χ1) is 13.9. The van der Waals surface area contributed by atoms with Gasteiger partial charge in [-0.2, -0.15) is 0 Å². The standard InChI is InChI=1S/C27H27N/c1-3-7-25-23(5-1)19-24-6-2-4-8-26(24)27(25)14-11-20-9-12-21(13-10-20)22-15-17-28-18-16-22/h1-10,12-13,19,22,28H,11,14-18H2. The van der Waals surface area contributed by atoms with Crippen LogP contribution in [0.3, 0.4) is 0 Å². The monoisotopic (exact) mass is 365 g/mol. The molecule has 4 aromatic rings. The van der Waals surface area contributed by atoms with Gasteiger partial charge in [0.1, 0.15) is 0 Å². The van der Waals surface area contributed by atoms with Gasteiger partial charge in [0.15, 0.2) is 0 Å². The fourth-order valence-corrected chi connectivity index (χ4v) is 4.76. The van der Waals surface area contributed by atoms with Crippen molar-refractivity contribution in [1.29, 1.82) is 0 Å². The fourth-order valence-electron chi connectivity index (χ4n) is 4.76. The number of hydrogen-bond donors (Lipinski definition) is 1. The Morgan fingerprint density at radius 1 is 0.679 bits per heavy atom. The quantitative estimate of drug-likeness (QED) is 0.422. The van der Waals surface area contributed by atoms with Crippen LogP contribution in [-0.2, 0) is 12.8 Å². The topological polar surface area (TPSA) is 12.0 Å². The zero-order chi connectivity index (χ0) is 18.8. The maximum absolute atomic E-state index is 3.46. The van der Waals surface area contributed by atoms with Crippen LogP contribution in [0.1, 0.15) is 35.4 Å². The van der Waals surface area contributed by atoms with Gasteiger partial charge in [-0.05, 0) is 89.0 Å². The number of benzene rings is 4. The van der Waals surface area contributed by atoms with E-state index in [-0.39, 0.29) is 0 Å². The average molecular weight is 366 g/mol. The molecule has 0 aromatic heterocycles. The molecule has 1 aliphatic rings. The maximum Gasteiger partial charge on any atom is -0.00431 e. The highest BCUT2D eigenvalue weighted by Crippen LogP contribution is 2.30. The van der Waals surface area contributed by atoms with Crippen molar-refractivity contribution < 1.29 is 0 Å². The Morgan fingerprint density at radius 2 is 1.29 bits per heavy atom. The van der Waals surface area contributed by atoms with E-state index >= 15 is 0 Å². The van der Waals surface area contributed by atoms with E-state index in [1.54, 1.807) is 0 Å². The summed E-state index contributed by atoms with van der Waals surface area (Å²) in [6.07, 6.45) is 4.70. The molecule has 0 unspecified atom stereocenters. The molecule has 0 bridgehead atoms. The van der Waals surface area contributed by atoms with Crippen molar-refractivity contribution in [3.63, 3.8) is 0 Å². The molecule has 1 saturated heterocycles. The fraction of sp³-hybridized carbons (Fsp3) is 0.259. The summed E-state index contributed by atoms with van der Waals surface area (Å²) >= 11 is 0. The second-order valence-electron chi connectivity index (χ2n) is 8.06. The van der Waals surface area contributed by atoms with E-state index in [1.165, 1.54) is 51.1 Å². The van der Waals surface area contributed by atoms with Crippen molar-refractivity contribution in [3.05, 3.63) is 95.6 Å². The Morgan fingerprint density at radius 3 is 1.93 bits per heavy atom. The van der Waals surface area contributed by atoms with E-state index in [1.807, 2.05) is 0 Å². The summed E-state index contributed by atoms with van der Waals surface area (Å²) in [5, 5.41) is 8.94. The van der Waals surface area contributed by atoms with Crippen LogP contribution < -0.4 is 5.32 Å². The van der Waals surface area contributed by atoms with Crippen molar-refractivity contribution >= 4 is 21.5 Å². The van der Waals surface area contributed by atoms with Crippen LogP contribution in [0.2, 0.25) is 0 Å². The summed E-state index contributed by atoms with van der Waals surface area (Å²) < 4.78 is 0. The Hall–Kier alpha value is -2.64. The molecule has 140 valence electrons. The minimum Gasteiger partial charge on any atom is -0.317 e. The van der Waals surface area contributed by atoms with E-state index in [9.17, 15) is 0 Å². The molecular weight excluding hydrogens is 338 g/mol. The Labute approximate surface area is 167 Å². The second-order valence-corrected chi connectivity index (χ2v) is 8.06. The first-order valence-corrected chi connectivity index (χ1v) is 10.6. The summed E-state index contributed by atoms with van der Waals surface area (Å²) in [6.45, 7) is 2.31. The average Bonchev–Trinajstić information content (AvgIpc) is 2.77. The molecule has 5 rings (SSSR count). The van der Waals surface area contributed by atoms with Gasteiger partial charge in [0.05, 0.1) is 0 Å². The molecular formula is C27H27N. The molecule has 1 N–H and O–H groups in total. The smallest absolute Gasteiger partial charge is 0.00431 e. The van der Waals surface area contributed by atoms with Crippen LogP contribution in [0.4, 0.5) is 0 Å². The van der Waals surface area contributed by atoms with Gasteiger partial charge in [-0.1, -0.05) is 72.8 Å². The summed E-state index contributed by atoms with van der Waals surface area (Å²) in [7, 11) is 0. The summed E-state index contributed by atoms with van der Waals surface area (Å²) in [6, 6.07) is 29.4. The van der Waals surface area contributed by atoms with E-state index in [2.05, 4.69) is 84.2 Å². The molecule has 1 heterocycles. The number of aryl methyl sites for hydroxylation is 2. The van der Waals surface area contributed by atoms with Gasteiger partial charge < -0.3 is 5.32 Å². The van der Waals surface area contributed by atoms with Crippen molar-refractivity contribution in [3.8, 4) is 0 Å². The first kappa shape index (κ1) is 17.5. The van der Waals surface area contributed by atoms with Crippen molar-refractivity contribution in [2.24, 2.45) is 0 Å². The van der Waals surface area contributed by atoms with Crippen molar-refractivity contribution in [2.45, 2.75) is 31.6 Å². The molecule has 0 spiro atoms. The number of rotatable bonds is 4. The second kappa shape index (κ2) is 7.77. The summed E-state index contributed by atoms with van der Waals surface area (Å²) in [5.74, 6) is 0.734. The molecule has 4 aromatic carbocycles. The highest BCUT2D eigenvalue weighted by Gasteiger charge is 2.15. The lowest BCUT2D eigenvalue weighted by atomic mass is 9.89. The third-order valence-electron chi connectivity index (χ3n) is 6.34. The van der Waals surface area contributed by atoms with Gasteiger partial charge in [-0.3, -0.25) is 0 Å². The number of piperidine rings is 1. The summed E-state index contributed by atoms with van der Waals surface area (Å²) in [4.78, 5) is 0. The van der Waals surface area contributed by atoms with Crippen molar-refractivity contribution in [2.75, 3.05) is 13.1 Å². The van der Waals surface area contributed by atoms with Gasteiger partial charge in [0, 0.05) is 0 Å². The van der Waals surface area contributed by atoms with Crippen LogP contribution in [-0.4, -0.2) is 13.1 Å². The zero-order valence-corrected chi connectivity index (χ0v) is 16.3. The SMILES string of the molecule is c1ccc2c(CCc3ccc(C4CCNCC4)cc3)c3ccccc3cc2c1. The van der Waals surface area contributed by atoms with Crippen LogP contribution >= 0.6 is 0 Å². The lowest BCUT2D eigenvalue weighted by Gasteiger charge is -2.23. The maximum atomic E-state index is 3.46. The highest BCUT2D eigenvalue weighted by atomic mass is 14.9. The van der Waals surface area contributed by atoms with Gasteiger partial charge >= 0.3 is 0 Å². The Balaban J connectivity index is 1.42. The van der Waals surface area contributed by atoms with Crippen molar-refractivity contribution in [1.82, 2.24) is 5.32 Å². The molecule has 1 heteroatoms. The minimum atomic E-state index is 0.734. The molecule has 1 aliphatic heterocycles. The predicted octanol–water partition coefficient (Wildman–Crippen LogP) is 6.25. The van der Waals surface area contributed by atoms with Crippen LogP contribution in [0.25, 0.3) is 21.5 Å². The predicted molar refractivity (Wildman–Crippen MR) is 120 cm³/mol. The first-order valence-electron chi connectivity index (χ1n) is 10.6. The number of fused-ring (bicyclic) bond motifs is 2. The van der Waals surface area contributed by atoms with Crippen LogP contribution in [0.15, 0.2) is 78.9 Å². The zero-order valence-electron chi connectivity index (χ0n) is 16.3. The molecule has 0 radical (unpaired) electrons. The van der Waals surface area contributed by atoms with Gasteiger partial charge in [-0.25, -0.2) is 0 Å². The molecule has 28 heavy (non-hydrogen) atoms. The lowest BCUT2D eigenvalue weighted by molar-refractivity contribution is 0.460. The minimum absolute atomic E-state index is 0.734. The molecule has 0 amide bonds. The van der Waals surface area contributed by atoms with Gasteiger partial charge in [0.2, 0.25) is 0 Å². The molecule has 1 nitrogen and oxygen atoms in total. The van der Waals surface area contributed by atoms with Gasteiger partial charge in [-0.15, -0.1) is 0 Å². The summed E-state index contributed by atoms with van der Waals surface area (Å²) in [5.41, 5.74) is 4.44. The molecule has 0 atom stereocenters. The highest BCUT2D eigenvalue weighted by molar-refractivity contribution is 6.02. The molecule has 1 fully saturated rings. The largest absolute Gasteiger partial charge is 0.317 e. The number of nitrogens with one attached hydrogen (secondary N) is 1. The van der Waals surface area contributed by atoms with Crippen LogP contribution in [0, 0.1) is 0 Å². The third kappa shape index (κ3) is 3.43. The Kier molecular flexibility index (Phi) is 4.85. The number of hydrogen-bond acceptors (Lipinski definition) is 1. The normalized spacial score (nSPS) is 15.3. The van der Waals surface area contributed by atoms with E-state index in [0.717, 1.165) is 31.8 Å². The lowest BCUT2D eigenvalue weighted by Crippen LogP contribution is -2.26. The third-order valence-corrected chi connectivity index (χ3v) is 6.34. The van der Waals surface area contributed by atoms with E-state index in [4.69, 9.17) is 0 Å².